The molecule has 0 amide bonds. The molecule has 1 N–H and O–H groups in total. The van der Waals surface area contributed by atoms with E-state index in [1.54, 1.807) is 26.3 Å². The van der Waals surface area contributed by atoms with Crippen molar-refractivity contribution >= 4 is 11.6 Å². The van der Waals surface area contributed by atoms with Crippen LogP contribution in [0.15, 0.2) is 29.3 Å². The summed E-state index contributed by atoms with van der Waals surface area (Å²) in [5.41, 5.74) is 1.08. The van der Waals surface area contributed by atoms with Crippen molar-refractivity contribution in [2.75, 3.05) is 40.5 Å². The summed E-state index contributed by atoms with van der Waals surface area (Å²) in [6.45, 7) is 3.85. The number of guanidine groups is 1. The molecule has 0 atom stereocenters. The minimum atomic E-state index is -0.391. The fourth-order valence-corrected chi connectivity index (χ4v) is 2.94. The molecule has 1 aliphatic heterocycles. The van der Waals surface area contributed by atoms with Crippen LogP contribution >= 0.6 is 0 Å². The molecular formula is C18H28N4O4. The van der Waals surface area contributed by atoms with Crippen molar-refractivity contribution in [3.05, 3.63) is 39.9 Å². The third-order valence-corrected chi connectivity index (χ3v) is 4.40. The summed E-state index contributed by atoms with van der Waals surface area (Å²) in [4.78, 5) is 16.9. The Balaban J connectivity index is 1.74. The number of hydrogen-bond acceptors (Lipinski definition) is 5. The van der Waals surface area contributed by atoms with Crippen LogP contribution in [0.2, 0.25) is 0 Å². The van der Waals surface area contributed by atoms with Gasteiger partial charge in [-0.25, -0.2) is 0 Å². The van der Waals surface area contributed by atoms with Gasteiger partial charge in [-0.05, 0) is 24.8 Å². The molecule has 1 aromatic carbocycles. The van der Waals surface area contributed by atoms with Crippen molar-refractivity contribution in [3.8, 4) is 0 Å². The van der Waals surface area contributed by atoms with Crippen LogP contribution in [0.4, 0.5) is 5.69 Å². The third kappa shape index (κ3) is 6.27. The molecule has 2 rings (SSSR count). The first-order valence-electron chi connectivity index (χ1n) is 8.93. The maximum atomic E-state index is 10.7. The van der Waals surface area contributed by atoms with E-state index < -0.39 is 4.92 Å². The van der Waals surface area contributed by atoms with E-state index in [-0.39, 0.29) is 5.69 Å². The molecule has 1 heterocycles. The number of rotatable bonds is 8. The first kappa shape index (κ1) is 20.1. The van der Waals surface area contributed by atoms with Gasteiger partial charge in [-0.2, -0.15) is 0 Å². The largest absolute Gasteiger partial charge is 0.385 e. The molecule has 0 spiro atoms. The molecule has 8 heteroatoms. The molecule has 8 nitrogen and oxygen atoms in total. The highest BCUT2D eigenvalue weighted by Crippen LogP contribution is 2.15. The van der Waals surface area contributed by atoms with Crippen LogP contribution in [0.5, 0.6) is 0 Å². The van der Waals surface area contributed by atoms with Crippen LogP contribution in [0.25, 0.3) is 0 Å². The van der Waals surface area contributed by atoms with E-state index in [0.717, 1.165) is 57.1 Å². The van der Waals surface area contributed by atoms with Gasteiger partial charge in [0.15, 0.2) is 5.96 Å². The van der Waals surface area contributed by atoms with Gasteiger partial charge in [-0.1, -0.05) is 12.1 Å². The molecule has 144 valence electrons. The summed E-state index contributed by atoms with van der Waals surface area (Å²) in [6, 6.07) is 6.56. The second-order valence-corrected chi connectivity index (χ2v) is 6.23. The summed E-state index contributed by atoms with van der Waals surface area (Å²) >= 11 is 0. The molecule has 0 aliphatic carbocycles. The number of benzene rings is 1. The Kier molecular flexibility index (Phi) is 8.30. The lowest BCUT2D eigenvalue weighted by Gasteiger charge is -2.34. The van der Waals surface area contributed by atoms with E-state index >= 15 is 0 Å². The predicted molar refractivity (Wildman–Crippen MR) is 100 cm³/mol. The van der Waals surface area contributed by atoms with Crippen molar-refractivity contribution in [1.82, 2.24) is 10.2 Å². The average Bonchev–Trinajstić information content (AvgIpc) is 2.67. The molecule has 0 saturated carbocycles. The van der Waals surface area contributed by atoms with E-state index in [4.69, 9.17) is 9.47 Å². The van der Waals surface area contributed by atoms with Gasteiger partial charge >= 0.3 is 0 Å². The predicted octanol–water partition coefficient (Wildman–Crippen LogP) is 2.19. The second-order valence-electron chi connectivity index (χ2n) is 6.23. The minimum absolute atomic E-state index is 0.103. The fraction of sp³-hybridized carbons (Fsp3) is 0.611. The number of non-ortho nitro benzene ring substituents is 1. The molecular weight excluding hydrogens is 336 g/mol. The maximum absolute atomic E-state index is 10.7. The van der Waals surface area contributed by atoms with Crippen molar-refractivity contribution in [2.24, 2.45) is 4.99 Å². The van der Waals surface area contributed by atoms with Gasteiger partial charge in [0.1, 0.15) is 0 Å². The Morgan fingerprint density at radius 3 is 2.58 bits per heavy atom. The number of aliphatic imine (C=N–C) groups is 1. The first-order chi connectivity index (χ1) is 12.6. The van der Waals surface area contributed by atoms with Crippen LogP contribution in [0.3, 0.4) is 0 Å². The standard InChI is InChI=1S/C18H28N4O4/c1-19-18(20-14-15-4-6-16(7-5-15)22(23)24)21-10-8-17(9-11-21)26-13-3-12-25-2/h4-7,17H,3,8-14H2,1-2H3,(H,19,20). The summed E-state index contributed by atoms with van der Waals surface area (Å²) in [5.74, 6) is 0.848. The SMILES string of the molecule is CN=C(NCc1ccc([N+](=O)[O-])cc1)N1CCC(OCCCOC)CC1. The fourth-order valence-electron chi connectivity index (χ4n) is 2.94. The molecule has 0 unspecified atom stereocenters. The topological polar surface area (TPSA) is 89.2 Å². The van der Waals surface area contributed by atoms with E-state index in [0.29, 0.717) is 12.6 Å². The summed E-state index contributed by atoms with van der Waals surface area (Å²) in [5, 5.41) is 14.0. The molecule has 0 aromatic heterocycles. The first-order valence-corrected chi connectivity index (χ1v) is 8.93. The normalized spacial score (nSPS) is 15.9. The number of nitro groups is 1. The third-order valence-electron chi connectivity index (χ3n) is 4.40. The number of nitrogens with one attached hydrogen (secondary N) is 1. The lowest BCUT2D eigenvalue weighted by Crippen LogP contribution is -2.46. The van der Waals surface area contributed by atoms with Gasteiger partial charge in [-0.3, -0.25) is 15.1 Å². The Labute approximate surface area is 154 Å². The van der Waals surface area contributed by atoms with Crippen molar-refractivity contribution < 1.29 is 14.4 Å². The highest BCUT2D eigenvalue weighted by Gasteiger charge is 2.21. The zero-order valence-corrected chi connectivity index (χ0v) is 15.5. The van der Waals surface area contributed by atoms with E-state index in [1.807, 2.05) is 0 Å². The molecule has 1 aromatic rings. The van der Waals surface area contributed by atoms with Crippen LogP contribution in [0.1, 0.15) is 24.8 Å². The van der Waals surface area contributed by atoms with Crippen LogP contribution in [-0.4, -0.2) is 62.3 Å². The molecule has 26 heavy (non-hydrogen) atoms. The quantitative estimate of drug-likeness (QED) is 0.250. The van der Waals surface area contributed by atoms with Gasteiger partial charge in [0, 0.05) is 59.1 Å². The summed E-state index contributed by atoms with van der Waals surface area (Å²) < 4.78 is 10.9. The molecule has 1 saturated heterocycles. The summed E-state index contributed by atoms with van der Waals surface area (Å²) in [6.07, 6.45) is 3.18. The van der Waals surface area contributed by atoms with Crippen molar-refractivity contribution in [3.63, 3.8) is 0 Å². The van der Waals surface area contributed by atoms with Crippen LogP contribution < -0.4 is 5.32 Å². The number of nitro benzene ring substituents is 1. The maximum Gasteiger partial charge on any atom is 0.269 e. The van der Waals surface area contributed by atoms with Crippen LogP contribution in [0, 0.1) is 10.1 Å². The number of piperidine rings is 1. The Hall–Kier alpha value is -2.19. The van der Waals surface area contributed by atoms with Gasteiger partial charge in [-0.15, -0.1) is 0 Å². The zero-order valence-electron chi connectivity index (χ0n) is 15.5. The number of ether oxygens (including phenoxy) is 2. The lowest BCUT2D eigenvalue weighted by atomic mass is 10.1. The number of hydrogen-bond donors (Lipinski definition) is 1. The second kappa shape index (κ2) is 10.7. The summed E-state index contributed by atoms with van der Waals surface area (Å²) in [7, 11) is 3.47. The molecule has 1 aliphatic rings. The number of likely N-dealkylation sites (tertiary alicyclic amines) is 1. The van der Waals surface area contributed by atoms with E-state index in [2.05, 4.69) is 15.2 Å². The molecule has 0 bridgehead atoms. The van der Waals surface area contributed by atoms with Gasteiger partial charge in [0.2, 0.25) is 0 Å². The number of nitrogens with zero attached hydrogens (tertiary/aromatic N) is 3. The lowest BCUT2D eigenvalue weighted by molar-refractivity contribution is -0.384. The highest BCUT2D eigenvalue weighted by molar-refractivity contribution is 5.79. The van der Waals surface area contributed by atoms with Gasteiger partial charge in [0.05, 0.1) is 11.0 Å². The van der Waals surface area contributed by atoms with E-state index in [9.17, 15) is 10.1 Å². The molecule has 1 fully saturated rings. The Morgan fingerprint density at radius 2 is 2.00 bits per heavy atom. The Morgan fingerprint density at radius 1 is 1.31 bits per heavy atom. The zero-order chi connectivity index (χ0) is 18.8. The van der Waals surface area contributed by atoms with Crippen molar-refractivity contribution in [2.45, 2.75) is 31.9 Å². The van der Waals surface area contributed by atoms with Gasteiger partial charge < -0.3 is 19.7 Å². The van der Waals surface area contributed by atoms with Crippen LogP contribution in [-0.2, 0) is 16.0 Å². The van der Waals surface area contributed by atoms with Gasteiger partial charge in [0.25, 0.3) is 5.69 Å². The molecule has 0 radical (unpaired) electrons. The smallest absolute Gasteiger partial charge is 0.269 e. The monoisotopic (exact) mass is 364 g/mol. The average molecular weight is 364 g/mol. The van der Waals surface area contributed by atoms with Crippen molar-refractivity contribution in [1.29, 1.82) is 0 Å². The minimum Gasteiger partial charge on any atom is -0.385 e. The Bertz CT molecular complexity index is 583. The highest BCUT2D eigenvalue weighted by atomic mass is 16.6. The van der Waals surface area contributed by atoms with E-state index in [1.165, 1.54) is 12.1 Å². The number of methoxy groups -OCH3 is 1.